The van der Waals surface area contributed by atoms with E-state index in [1.807, 2.05) is 0 Å². The summed E-state index contributed by atoms with van der Waals surface area (Å²) in [5.41, 5.74) is 0. The van der Waals surface area contributed by atoms with E-state index in [1.54, 1.807) is 0 Å². The molecule has 0 aromatic heterocycles. The lowest BCUT2D eigenvalue weighted by molar-refractivity contribution is 0.208. The molecule has 1 fully saturated rings. The van der Waals surface area contributed by atoms with Gasteiger partial charge in [0.05, 0.1) is 0 Å². The molecule has 0 aliphatic carbocycles. The number of likely N-dealkylation sites (N-methyl/N-ethyl adjacent to an activating group) is 2. The molecule has 1 unspecified atom stereocenters. The second-order valence-corrected chi connectivity index (χ2v) is 4.64. The Morgan fingerprint density at radius 1 is 1.14 bits per heavy atom. The minimum Gasteiger partial charge on any atom is -0.315 e. The van der Waals surface area contributed by atoms with Gasteiger partial charge in [0.15, 0.2) is 0 Å². The molecular weight excluding hydrogens is 174 g/mol. The summed E-state index contributed by atoms with van der Waals surface area (Å²) in [5.74, 6) is 0. The van der Waals surface area contributed by atoms with E-state index in [-0.39, 0.29) is 0 Å². The zero-order valence-electron chi connectivity index (χ0n) is 9.92. The highest BCUT2D eigenvalue weighted by molar-refractivity contribution is 4.75. The van der Waals surface area contributed by atoms with E-state index in [0.29, 0.717) is 0 Å². The first kappa shape index (κ1) is 12.0. The zero-order valence-corrected chi connectivity index (χ0v) is 9.92. The van der Waals surface area contributed by atoms with Crippen molar-refractivity contribution in [2.75, 3.05) is 47.3 Å². The third-order valence-electron chi connectivity index (χ3n) is 3.04. The van der Waals surface area contributed by atoms with Crippen molar-refractivity contribution in [3.05, 3.63) is 0 Å². The topological polar surface area (TPSA) is 18.5 Å². The predicted octanol–water partition coefficient (Wildman–Crippen LogP) is 0.622. The van der Waals surface area contributed by atoms with E-state index in [1.165, 1.54) is 38.9 Å². The van der Waals surface area contributed by atoms with Crippen molar-refractivity contribution in [2.45, 2.75) is 25.3 Å². The molecule has 1 aliphatic rings. The van der Waals surface area contributed by atoms with Gasteiger partial charge in [-0.05, 0) is 40.5 Å². The Morgan fingerprint density at radius 3 is 2.64 bits per heavy atom. The van der Waals surface area contributed by atoms with Crippen LogP contribution in [0, 0.1) is 0 Å². The number of nitrogens with one attached hydrogen (secondary N) is 1. The Bertz CT molecular complexity index is 139. The van der Waals surface area contributed by atoms with E-state index in [2.05, 4.69) is 36.3 Å². The van der Waals surface area contributed by atoms with Crippen molar-refractivity contribution in [3.8, 4) is 0 Å². The summed E-state index contributed by atoms with van der Waals surface area (Å²) in [6, 6.07) is 0.748. The molecule has 0 amide bonds. The summed E-state index contributed by atoms with van der Waals surface area (Å²) in [7, 11) is 6.53. The monoisotopic (exact) mass is 199 g/mol. The van der Waals surface area contributed by atoms with Crippen LogP contribution >= 0.6 is 0 Å². The summed E-state index contributed by atoms with van der Waals surface area (Å²) in [5, 5.41) is 3.51. The van der Waals surface area contributed by atoms with Crippen LogP contribution in [0.4, 0.5) is 0 Å². The smallest absolute Gasteiger partial charge is 0.0218 e. The summed E-state index contributed by atoms with van der Waals surface area (Å²) >= 11 is 0. The summed E-state index contributed by atoms with van der Waals surface area (Å²) < 4.78 is 0. The van der Waals surface area contributed by atoms with Crippen LogP contribution in [-0.2, 0) is 0 Å². The molecule has 0 spiro atoms. The highest BCUT2D eigenvalue weighted by atomic mass is 15.2. The normalized spacial score (nSPS) is 24.2. The van der Waals surface area contributed by atoms with E-state index >= 15 is 0 Å². The standard InChI is InChI=1S/C11H25N3/c1-13(2)8-9-14(3)11-6-4-5-7-12-10-11/h11-12H,4-10H2,1-3H3. The van der Waals surface area contributed by atoms with Gasteiger partial charge < -0.3 is 15.1 Å². The Labute approximate surface area is 88.5 Å². The van der Waals surface area contributed by atoms with Crippen molar-refractivity contribution >= 4 is 0 Å². The lowest BCUT2D eigenvalue weighted by atomic mass is 10.1. The van der Waals surface area contributed by atoms with Crippen LogP contribution < -0.4 is 5.32 Å². The van der Waals surface area contributed by atoms with Gasteiger partial charge in [0.2, 0.25) is 0 Å². The summed E-state index contributed by atoms with van der Waals surface area (Å²) in [4.78, 5) is 4.75. The molecule has 0 saturated carbocycles. The minimum atomic E-state index is 0.748. The fourth-order valence-corrected chi connectivity index (χ4v) is 1.92. The number of hydrogen-bond donors (Lipinski definition) is 1. The molecule has 0 radical (unpaired) electrons. The highest BCUT2D eigenvalue weighted by Gasteiger charge is 2.15. The molecule has 1 saturated heterocycles. The highest BCUT2D eigenvalue weighted by Crippen LogP contribution is 2.09. The number of rotatable bonds is 4. The van der Waals surface area contributed by atoms with Gasteiger partial charge in [-0.2, -0.15) is 0 Å². The maximum atomic E-state index is 3.51. The lowest BCUT2D eigenvalue weighted by Gasteiger charge is -2.28. The van der Waals surface area contributed by atoms with Gasteiger partial charge >= 0.3 is 0 Å². The van der Waals surface area contributed by atoms with Crippen molar-refractivity contribution in [2.24, 2.45) is 0 Å². The third kappa shape index (κ3) is 4.40. The fourth-order valence-electron chi connectivity index (χ4n) is 1.92. The van der Waals surface area contributed by atoms with E-state index in [9.17, 15) is 0 Å². The molecule has 3 heteroatoms. The van der Waals surface area contributed by atoms with Crippen molar-refractivity contribution in [3.63, 3.8) is 0 Å². The maximum absolute atomic E-state index is 3.51. The summed E-state index contributed by atoms with van der Waals surface area (Å²) in [6.07, 6.45) is 4.08. The molecule has 1 heterocycles. The Kier molecular flexibility index (Phi) is 5.45. The van der Waals surface area contributed by atoms with Crippen molar-refractivity contribution in [1.29, 1.82) is 0 Å². The minimum absolute atomic E-state index is 0.748. The van der Waals surface area contributed by atoms with E-state index in [0.717, 1.165) is 12.6 Å². The van der Waals surface area contributed by atoms with Crippen LogP contribution in [0.2, 0.25) is 0 Å². The second-order valence-electron chi connectivity index (χ2n) is 4.64. The number of hydrogen-bond acceptors (Lipinski definition) is 3. The Balaban J connectivity index is 2.23. The Hall–Kier alpha value is -0.120. The van der Waals surface area contributed by atoms with Gasteiger partial charge in [0.1, 0.15) is 0 Å². The molecule has 1 aliphatic heterocycles. The average Bonchev–Trinajstić information content (AvgIpc) is 2.42. The first-order chi connectivity index (χ1) is 6.70. The van der Waals surface area contributed by atoms with Crippen molar-refractivity contribution < 1.29 is 0 Å². The third-order valence-corrected chi connectivity index (χ3v) is 3.04. The fraction of sp³-hybridized carbons (Fsp3) is 1.00. The van der Waals surface area contributed by atoms with Crippen LogP contribution in [0.5, 0.6) is 0 Å². The molecule has 84 valence electrons. The van der Waals surface area contributed by atoms with Gasteiger partial charge in [0.25, 0.3) is 0 Å². The second kappa shape index (κ2) is 6.38. The Morgan fingerprint density at radius 2 is 1.93 bits per heavy atom. The largest absolute Gasteiger partial charge is 0.315 e. The first-order valence-electron chi connectivity index (χ1n) is 5.76. The quantitative estimate of drug-likeness (QED) is 0.716. The van der Waals surface area contributed by atoms with Crippen LogP contribution in [0.1, 0.15) is 19.3 Å². The molecule has 0 aromatic rings. The van der Waals surface area contributed by atoms with E-state index in [4.69, 9.17) is 0 Å². The van der Waals surface area contributed by atoms with Gasteiger partial charge in [-0.25, -0.2) is 0 Å². The summed E-state index contributed by atoms with van der Waals surface area (Å²) in [6.45, 7) is 4.72. The average molecular weight is 199 g/mol. The number of nitrogens with zero attached hydrogens (tertiary/aromatic N) is 2. The molecule has 1 N–H and O–H groups in total. The van der Waals surface area contributed by atoms with E-state index < -0.39 is 0 Å². The SMILES string of the molecule is CN(C)CCN(C)C1CCCCNC1. The van der Waals surface area contributed by atoms with Gasteiger partial charge in [0, 0.05) is 25.7 Å². The predicted molar refractivity (Wildman–Crippen MR) is 61.7 cm³/mol. The molecule has 14 heavy (non-hydrogen) atoms. The molecular formula is C11H25N3. The molecule has 1 rings (SSSR count). The molecule has 0 aromatic carbocycles. The molecule has 1 atom stereocenters. The maximum Gasteiger partial charge on any atom is 0.0218 e. The van der Waals surface area contributed by atoms with Gasteiger partial charge in [-0.1, -0.05) is 6.42 Å². The first-order valence-corrected chi connectivity index (χ1v) is 5.76. The van der Waals surface area contributed by atoms with Crippen molar-refractivity contribution in [1.82, 2.24) is 15.1 Å². The zero-order chi connectivity index (χ0) is 10.4. The van der Waals surface area contributed by atoms with Gasteiger partial charge in [-0.15, -0.1) is 0 Å². The van der Waals surface area contributed by atoms with Gasteiger partial charge in [-0.3, -0.25) is 0 Å². The molecule has 3 nitrogen and oxygen atoms in total. The van der Waals surface area contributed by atoms with Crippen LogP contribution in [0.3, 0.4) is 0 Å². The van der Waals surface area contributed by atoms with Crippen LogP contribution in [-0.4, -0.2) is 63.2 Å². The van der Waals surface area contributed by atoms with Crippen LogP contribution in [0.15, 0.2) is 0 Å². The lowest BCUT2D eigenvalue weighted by Crippen LogP contribution is -2.41. The molecule has 0 bridgehead atoms. The van der Waals surface area contributed by atoms with Crippen LogP contribution in [0.25, 0.3) is 0 Å².